The van der Waals surface area contributed by atoms with Crippen molar-refractivity contribution in [3.63, 3.8) is 0 Å². The molecular formula is C10H11N3OS. The highest BCUT2D eigenvalue weighted by atomic mass is 32.1. The molecule has 1 unspecified atom stereocenters. The lowest BCUT2D eigenvalue weighted by Gasteiger charge is -1.96. The van der Waals surface area contributed by atoms with Gasteiger partial charge in [0.05, 0.1) is 11.0 Å². The SMILES string of the molecule is Cc1cnc(-c2ncc(C(C)O)s2)nc1. The largest absolute Gasteiger partial charge is 0.388 e. The Morgan fingerprint density at radius 1 is 1.20 bits per heavy atom. The van der Waals surface area contributed by atoms with Crippen molar-refractivity contribution in [2.75, 3.05) is 0 Å². The Labute approximate surface area is 91.7 Å². The van der Waals surface area contributed by atoms with Crippen LogP contribution < -0.4 is 0 Å². The van der Waals surface area contributed by atoms with Gasteiger partial charge in [0.25, 0.3) is 0 Å². The minimum Gasteiger partial charge on any atom is -0.388 e. The Balaban J connectivity index is 2.33. The van der Waals surface area contributed by atoms with E-state index >= 15 is 0 Å². The fraction of sp³-hybridized carbons (Fsp3) is 0.300. The first kappa shape index (κ1) is 10.2. The molecule has 0 aromatic carbocycles. The lowest BCUT2D eigenvalue weighted by molar-refractivity contribution is 0.203. The van der Waals surface area contributed by atoms with Crippen LogP contribution in [0, 0.1) is 6.92 Å². The van der Waals surface area contributed by atoms with E-state index in [0.29, 0.717) is 5.82 Å². The van der Waals surface area contributed by atoms with Gasteiger partial charge in [0, 0.05) is 18.6 Å². The third-order valence-corrected chi connectivity index (χ3v) is 3.07. The van der Waals surface area contributed by atoms with E-state index in [2.05, 4.69) is 15.0 Å². The van der Waals surface area contributed by atoms with Gasteiger partial charge in [0.15, 0.2) is 10.8 Å². The number of thiazole rings is 1. The van der Waals surface area contributed by atoms with Crippen LogP contribution in [0.3, 0.4) is 0 Å². The molecule has 0 amide bonds. The van der Waals surface area contributed by atoms with Crippen LogP contribution in [-0.4, -0.2) is 20.1 Å². The van der Waals surface area contributed by atoms with Crippen LogP contribution in [0.25, 0.3) is 10.8 Å². The first-order chi connectivity index (χ1) is 7.16. The van der Waals surface area contributed by atoms with Crippen molar-refractivity contribution in [3.8, 4) is 10.8 Å². The Hall–Kier alpha value is -1.33. The summed E-state index contributed by atoms with van der Waals surface area (Å²) < 4.78 is 0. The van der Waals surface area contributed by atoms with E-state index in [9.17, 15) is 5.11 Å². The van der Waals surface area contributed by atoms with Crippen LogP contribution in [0.15, 0.2) is 18.6 Å². The van der Waals surface area contributed by atoms with E-state index in [4.69, 9.17) is 0 Å². The molecule has 78 valence electrons. The van der Waals surface area contributed by atoms with Gasteiger partial charge in [-0.25, -0.2) is 15.0 Å². The average Bonchev–Trinajstić information content (AvgIpc) is 2.68. The number of aryl methyl sites for hydroxylation is 1. The van der Waals surface area contributed by atoms with Gasteiger partial charge in [-0.3, -0.25) is 0 Å². The van der Waals surface area contributed by atoms with Crippen molar-refractivity contribution in [1.29, 1.82) is 0 Å². The van der Waals surface area contributed by atoms with Crippen molar-refractivity contribution in [1.82, 2.24) is 15.0 Å². The number of hydrogen-bond acceptors (Lipinski definition) is 5. The zero-order valence-electron chi connectivity index (χ0n) is 8.51. The topological polar surface area (TPSA) is 58.9 Å². The van der Waals surface area contributed by atoms with Crippen molar-refractivity contribution >= 4 is 11.3 Å². The van der Waals surface area contributed by atoms with Gasteiger partial charge in [-0.15, -0.1) is 11.3 Å². The maximum Gasteiger partial charge on any atom is 0.188 e. The third-order valence-electron chi connectivity index (χ3n) is 1.91. The molecule has 0 fully saturated rings. The number of aliphatic hydroxyl groups is 1. The van der Waals surface area contributed by atoms with Crippen LogP contribution in [0.1, 0.15) is 23.5 Å². The molecule has 1 atom stereocenters. The Bertz CT molecular complexity index is 450. The highest BCUT2D eigenvalue weighted by molar-refractivity contribution is 7.15. The first-order valence-electron chi connectivity index (χ1n) is 4.59. The van der Waals surface area contributed by atoms with E-state index in [1.54, 1.807) is 25.5 Å². The molecule has 1 N–H and O–H groups in total. The molecule has 0 spiro atoms. The zero-order valence-corrected chi connectivity index (χ0v) is 9.32. The predicted octanol–water partition coefficient (Wildman–Crippen LogP) is 1.96. The van der Waals surface area contributed by atoms with Gasteiger partial charge < -0.3 is 5.11 Å². The number of rotatable bonds is 2. The van der Waals surface area contributed by atoms with Gasteiger partial charge in [-0.2, -0.15) is 0 Å². The highest BCUT2D eigenvalue weighted by Gasteiger charge is 2.09. The Morgan fingerprint density at radius 3 is 2.40 bits per heavy atom. The molecule has 0 aliphatic rings. The molecular weight excluding hydrogens is 210 g/mol. The van der Waals surface area contributed by atoms with E-state index in [1.165, 1.54) is 11.3 Å². The summed E-state index contributed by atoms with van der Waals surface area (Å²) in [4.78, 5) is 13.4. The summed E-state index contributed by atoms with van der Waals surface area (Å²) in [6.45, 7) is 3.65. The van der Waals surface area contributed by atoms with Crippen LogP contribution in [0.4, 0.5) is 0 Å². The summed E-state index contributed by atoms with van der Waals surface area (Å²) in [7, 11) is 0. The lowest BCUT2D eigenvalue weighted by Crippen LogP contribution is -1.87. The fourth-order valence-electron chi connectivity index (χ4n) is 1.09. The average molecular weight is 221 g/mol. The standard InChI is InChI=1S/C10H11N3OS/c1-6-3-11-9(12-4-6)10-13-5-8(15-10)7(2)14/h3-5,7,14H,1-2H3. The maximum atomic E-state index is 9.36. The normalized spacial score (nSPS) is 12.7. The van der Waals surface area contributed by atoms with Crippen LogP contribution >= 0.6 is 11.3 Å². The molecule has 0 aliphatic carbocycles. The second kappa shape index (κ2) is 4.04. The number of aliphatic hydroxyl groups excluding tert-OH is 1. The van der Waals surface area contributed by atoms with Crippen molar-refractivity contribution in [2.24, 2.45) is 0 Å². The first-order valence-corrected chi connectivity index (χ1v) is 5.41. The number of aromatic nitrogens is 3. The van der Waals surface area contributed by atoms with Crippen molar-refractivity contribution in [2.45, 2.75) is 20.0 Å². The smallest absolute Gasteiger partial charge is 0.188 e. The third kappa shape index (κ3) is 2.19. The molecule has 0 bridgehead atoms. The lowest BCUT2D eigenvalue weighted by atomic mass is 10.4. The molecule has 5 heteroatoms. The van der Waals surface area contributed by atoms with E-state index in [0.717, 1.165) is 15.4 Å². The zero-order chi connectivity index (χ0) is 10.8. The molecule has 0 aliphatic heterocycles. The highest BCUT2D eigenvalue weighted by Crippen LogP contribution is 2.25. The molecule has 2 heterocycles. The van der Waals surface area contributed by atoms with Crippen LogP contribution in [-0.2, 0) is 0 Å². The number of hydrogen-bond donors (Lipinski definition) is 1. The predicted molar refractivity (Wildman–Crippen MR) is 58.5 cm³/mol. The monoisotopic (exact) mass is 221 g/mol. The van der Waals surface area contributed by atoms with Gasteiger partial charge in [0.1, 0.15) is 0 Å². The molecule has 2 rings (SSSR count). The minimum atomic E-state index is -0.485. The summed E-state index contributed by atoms with van der Waals surface area (Å²) in [6.07, 6.45) is 4.69. The molecule has 2 aromatic heterocycles. The Kier molecular flexibility index (Phi) is 2.75. The van der Waals surface area contributed by atoms with Gasteiger partial charge in [-0.05, 0) is 19.4 Å². The summed E-state index contributed by atoms with van der Waals surface area (Å²) in [5.41, 5.74) is 1.02. The van der Waals surface area contributed by atoms with Gasteiger partial charge >= 0.3 is 0 Å². The van der Waals surface area contributed by atoms with Crippen molar-refractivity contribution in [3.05, 3.63) is 29.0 Å². The molecule has 0 saturated carbocycles. The minimum absolute atomic E-state index is 0.485. The molecule has 15 heavy (non-hydrogen) atoms. The van der Waals surface area contributed by atoms with Crippen LogP contribution in [0.2, 0.25) is 0 Å². The summed E-state index contributed by atoms with van der Waals surface area (Å²) in [6, 6.07) is 0. The second-order valence-corrected chi connectivity index (χ2v) is 4.39. The molecule has 4 nitrogen and oxygen atoms in total. The maximum absolute atomic E-state index is 9.36. The van der Waals surface area contributed by atoms with E-state index in [1.807, 2.05) is 6.92 Å². The molecule has 2 aromatic rings. The molecule has 0 saturated heterocycles. The summed E-state index contributed by atoms with van der Waals surface area (Å²) >= 11 is 1.41. The van der Waals surface area contributed by atoms with Crippen LogP contribution in [0.5, 0.6) is 0 Å². The summed E-state index contributed by atoms with van der Waals surface area (Å²) in [5.74, 6) is 0.609. The van der Waals surface area contributed by atoms with Crippen molar-refractivity contribution < 1.29 is 5.11 Å². The van der Waals surface area contributed by atoms with E-state index in [-0.39, 0.29) is 0 Å². The summed E-state index contributed by atoms with van der Waals surface area (Å²) in [5, 5.41) is 10.1. The van der Waals surface area contributed by atoms with E-state index < -0.39 is 6.10 Å². The fourth-order valence-corrected chi connectivity index (χ4v) is 1.89. The number of nitrogens with zero attached hydrogens (tertiary/aromatic N) is 3. The van der Waals surface area contributed by atoms with Gasteiger partial charge in [0.2, 0.25) is 0 Å². The second-order valence-electron chi connectivity index (χ2n) is 3.33. The molecule has 0 radical (unpaired) electrons. The quantitative estimate of drug-likeness (QED) is 0.842. The van der Waals surface area contributed by atoms with Gasteiger partial charge in [-0.1, -0.05) is 0 Å². The Morgan fingerprint density at radius 2 is 1.87 bits per heavy atom.